The summed E-state index contributed by atoms with van der Waals surface area (Å²) in [6.45, 7) is 4.43. The molecule has 164 valence electrons. The number of sulfonamides is 1. The average molecular weight is 442 g/mol. The number of nitrogens with one attached hydrogen (secondary N) is 2. The summed E-state index contributed by atoms with van der Waals surface area (Å²) in [5.74, 6) is 1.60. The van der Waals surface area contributed by atoms with Crippen LogP contribution in [0.2, 0.25) is 0 Å². The van der Waals surface area contributed by atoms with Gasteiger partial charge >= 0.3 is 0 Å². The number of nitrogens with two attached hydrogens (primary N) is 1. The van der Waals surface area contributed by atoms with Crippen LogP contribution in [-0.4, -0.2) is 35.7 Å². The van der Waals surface area contributed by atoms with Gasteiger partial charge in [-0.2, -0.15) is 0 Å². The normalized spacial score (nSPS) is 12.0. The van der Waals surface area contributed by atoms with E-state index >= 15 is 0 Å². The van der Waals surface area contributed by atoms with Crippen molar-refractivity contribution in [1.29, 1.82) is 0 Å². The van der Waals surface area contributed by atoms with Crippen LogP contribution in [0.4, 0.5) is 0 Å². The van der Waals surface area contributed by atoms with E-state index in [9.17, 15) is 8.42 Å². The first-order valence-electron chi connectivity index (χ1n) is 10.00. The Bertz CT molecular complexity index is 1090. The molecule has 0 radical (unpaired) electrons. The molecule has 0 saturated carbocycles. The van der Waals surface area contributed by atoms with E-state index in [1.165, 1.54) is 12.1 Å². The molecule has 0 atom stereocenters. The first-order valence-corrected chi connectivity index (χ1v) is 11.5. The summed E-state index contributed by atoms with van der Waals surface area (Å²) in [7, 11) is -3.70. The van der Waals surface area contributed by atoms with E-state index in [1.54, 1.807) is 18.5 Å². The molecule has 1 aromatic heterocycles. The Kier molecular flexibility index (Phi) is 7.74. The zero-order chi connectivity index (χ0) is 22.1. The van der Waals surface area contributed by atoms with E-state index in [-0.39, 0.29) is 4.90 Å². The predicted octanol–water partition coefficient (Wildman–Crippen LogP) is 1.42. The number of guanidine groups is 1. The zero-order valence-corrected chi connectivity index (χ0v) is 18.2. The maximum absolute atomic E-state index is 11.4. The molecule has 0 aliphatic rings. The lowest BCUT2D eigenvalue weighted by Gasteiger charge is -2.14. The minimum Gasteiger partial charge on any atom is -0.355 e. The molecule has 10 heteroatoms. The lowest BCUT2D eigenvalue weighted by Crippen LogP contribution is -2.38. The summed E-state index contributed by atoms with van der Waals surface area (Å²) >= 11 is 0. The number of hydrogen-bond donors (Lipinski definition) is 3. The van der Waals surface area contributed by atoms with E-state index in [0.717, 1.165) is 23.4 Å². The molecule has 1 heterocycles. The summed E-state index contributed by atoms with van der Waals surface area (Å²) in [5, 5.41) is 19.8. The summed E-state index contributed by atoms with van der Waals surface area (Å²) in [6.07, 6.45) is 2.55. The molecule has 2 aromatic carbocycles. The van der Waals surface area contributed by atoms with Crippen LogP contribution in [0.3, 0.4) is 0 Å². The monoisotopic (exact) mass is 441 g/mol. The number of hydrogen-bond acceptors (Lipinski definition) is 5. The van der Waals surface area contributed by atoms with E-state index in [0.29, 0.717) is 32.1 Å². The average Bonchev–Trinajstić information content (AvgIpc) is 3.23. The van der Waals surface area contributed by atoms with Crippen LogP contribution in [0.15, 0.2) is 70.8 Å². The van der Waals surface area contributed by atoms with Crippen molar-refractivity contribution >= 4 is 16.0 Å². The van der Waals surface area contributed by atoms with Crippen LogP contribution in [-0.2, 0) is 36.1 Å². The van der Waals surface area contributed by atoms with E-state index in [2.05, 4.69) is 25.8 Å². The molecule has 0 unspecified atom stereocenters. The lowest BCUT2D eigenvalue weighted by atomic mass is 10.2. The summed E-state index contributed by atoms with van der Waals surface area (Å²) in [5.41, 5.74) is 2.02. The molecule has 9 nitrogen and oxygen atoms in total. The van der Waals surface area contributed by atoms with Crippen LogP contribution >= 0.6 is 0 Å². The number of aromatic nitrogens is 3. The highest BCUT2D eigenvalue weighted by molar-refractivity contribution is 7.89. The van der Waals surface area contributed by atoms with Gasteiger partial charge in [-0.25, -0.2) is 18.5 Å². The molecule has 0 aliphatic carbocycles. The Morgan fingerprint density at radius 3 is 2.48 bits per heavy atom. The number of rotatable bonds is 9. The fourth-order valence-electron chi connectivity index (χ4n) is 2.95. The SMILES string of the molecule is CCc1nncn1CCNC(=NCc1ccccc1)NCc1ccc(S(N)(=O)=O)cc1. The minimum atomic E-state index is -3.70. The van der Waals surface area contributed by atoms with Crippen molar-refractivity contribution < 1.29 is 8.42 Å². The van der Waals surface area contributed by atoms with Crippen molar-refractivity contribution in [2.24, 2.45) is 10.1 Å². The van der Waals surface area contributed by atoms with Crippen molar-refractivity contribution in [3.63, 3.8) is 0 Å². The van der Waals surface area contributed by atoms with Crippen LogP contribution in [0.25, 0.3) is 0 Å². The maximum Gasteiger partial charge on any atom is 0.238 e. The fraction of sp³-hybridized carbons (Fsp3) is 0.286. The Balaban J connectivity index is 1.63. The smallest absolute Gasteiger partial charge is 0.238 e. The Hall–Kier alpha value is -3.24. The maximum atomic E-state index is 11.4. The fourth-order valence-corrected chi connectivity index (χ4v) is 3.46. The van der Waals surface area contributed by atoms with Crippen LogP contribution in [0.1, 0.15) is 23.9 Å². The van der Waals surface area contributed by atoms with Gasteiger partial charge < -0.3 is 15.2 Å². The molecule has 0 saturated heterocycles. The van der Waals surface area contributed by atoms with Crippen LogP contribution < -0.4 is 15.8 Å². The Morgan fingerprint density at radius 2 is 1.81 bits per heavy atom. The second-order valence-corrected chi connectivity index (χ2v) is 8.48. The summed E-state index contributed by atoms with van der Waals surface area (Å²) < 4.78 is 24.8. The van der Waals surface area contributed by atoms with Gasteiger partial charge in [0.05, 0.1) is 11.4 Å². The quantitative estimate of drug-likeness (QED) is 0.340. The molecule has 3 aromatic rings. The number of nitrogens with zero attached hydrogens (tertiary/aromatic N) is 4. The molecule has 31 heavy (non-hydrogen) atoms. The van der Waals surface area contributed by atoms with Gasteiger partial charge in [-0.05, 0) is 23.3 Å². The molecule has 0 spiro atoms. The predicted molar refractivity (Wildman–Crippen MR) is 120 cm³/mol. The molecule has 0 fully saturated rings. The number of aryl methyl sites for hydroxylation is 1. The van der Waals surface area contributed by atoms with E-state index < -0.39 is 10.0 Å². The second kappa shape index (κ2) is 10.7. The first kappa shape index (κ1) is 22.4. The third-order valence-corrected chi connectivity index (χ3v) is 5.56. The second-order valence-electron chi connectivity index (χ2n) is 6.91. The highest BCUT2D eigenvalue weighted by Gasteiger charge is 2.07. The third-order valence-electron chi connectivity index (χ3n) is 4.63. The first-order chi connectivity index (χ1) is 15.0. The van der Waals surface area contributed by atoms with Crippen molar-refractivity contribution in [3.8, 4) is 0 Å². The molecule has 4 N–H and O–H groups in total. The third kappa shape index (κ3) is 6.90. The molecule has 0 amide bonds. The Morgan fingerprint density at radius 1 is 1.06 bits per heavy atom. The van der Waals surface area contributed by atoms with Gasteiger partial charge in [0.1, 0.15) is 12.2 Å². The van der Waals surface area contributed by atoms with E-state index in [1.807, 2.05) is 41.8 Å². The standard InChI is InChI=1S/C21H27N7O2S/c1-2-20-27-26-16-28(20)13-12-23-21(24-14-17-6-4-3-5-7-17)25-15-18-8-10-19(11-9-18)31(22,29)30/h3-11,16H,2,12-15H2,1H3,(H2,22,29,30)(H2,23,24,25). The number of aliphatic imine (C=N–C) groups is 1. The number of benzene rings is 2. The molecular formula is C21H27N7O2S. The Labute approximate surface area is 182 Å². The molecule has 0 aliphatic heterocycles. The van der Waals surface area contributed by atoms with Crippen molar-refractivity contribution in [3.05, 3.63) is 77.9 Å². The lowest BCUT2D eigenvalue weighted by molar-refractivity contribution is 0.597. The van der Waals surface area contributed by atoms with Crippen LogP contribution in [0, 0.1) is 0 Å². The van der Waals surface area contributed by atoms with Gasteiger partial charge in [0, 0.05) is 26.1 Å². The van der Waals surface area contributed by atoms with Crippen molar-refractivity contribution in [1.82, 2.24) is 25.4 Å². The summed E-state index contributed by atoms with van der Waals surface area (Å²) in [4.78, 5) is 4.76. The van der Waals surface area contributed by atoms with E-state index in [4.69, 9.17) is 5.14 Å². The summed E-state index contributed by atoms with van der Waals surface area (Å²) in [6, 6.07) is 16.4. The van der Waals surface area contributed by atoms with Crippen LogP contribution in [0.5, 0.6) is 0 Å². The van der Waals surface area contributed by atoms with Gasteiger partial charge in [0.2, 0.25) is 10.0 Å². The molecule has 3 rings (SSSR count). The van der Waals surface area contributed by atoms with Crippen molar-refractivity contribution in [2.75, 3.05) is 6.54 Å². The minimum absolute atomic E-state index is 0.0908. The number of primary sulfonamides is 1. The highest BCUT2D eigenvalue weighted by Crippen LogP contribution is 2.08. The van der Waals surface area contributed by atoms with Gasteiger partial charge in [0.25, 0.3) is 0 Å². The molecule has 0 bridgehead atoms. The largest absolute Gasteiger partial charge is 0.355 e. The zero-order valence-electron chi connectivity index (χ0n) is 17.4. The van der Waals surface area contributed by atoms with Gasteiger partial charge in [-0.3, -0.25) is 0 Å². The molecular weight excluding hydrogens is 414 g/mol. The van der Waals surface area contributed by atoms with Crippen molar-refractivity contribution in [2.45, 2.75) is 37.9 Å². The van der Waals surface area contributed by atoms with Gasteiger partial charge in [-0.15, -0.1) is 10.2 Å². The van der Waals surface area contributed by atoms with Gasteiger partial charge in [0.15, 0.2) is 5.96 Å². The highest BCUT2D eigenvalue weighted by atomic mass is 32.2. The van der Waals surface area contributed by atoms with Gasteiger partial charge in [-0.1, -0.05) is 49.4 Å². The topological polar surface area (TPSA) is 127 Å².